The molecule has 0 bridgehead atoms. The number of nitrogens with zero attached hydrogens (tertiary/aromatic N) is 2. The number of rotatable bonds is 7. The van der Waals surface area contributed by atoms with Crippen molar-refractivity contribution in [3.63, 3.8) is 0 Å². The van der Waals surface area contributed by atoms with E-state index < -0.39 is 5.97 Å². The molecule has 1 aromatic heterocycles. The topological polar surface area (TPSA) is 87.1 Å². The van der Waals surface area contributed by atoms with E-state index in [0.29, 0.717) is 12.4 Å². The number of carboxylic acid groups (broad SMARTS) is 1. The Labute approximate surface area is 152 Å². The first kappa shape index (κ1) is 17.4. The zero-order valence-corrected chi connectivity index (χ0v) is 14.4. The molecule has 0 saturated carbocycles. The molecule has 0 aliphatic heterocycles. The molecule has 0 amide bonds. The van der Waals surface area contributed by atoms with E-state index in [1.165, 1.54) is 5.56 Å². The van der Waals surface area contributed by atoms with Gasteiger partial charge in [0.2, 0.25) is 5.95 Å². The summed E-state index contributed by atoms with van der Waals surface area (Å²) in [5.41, 5.74) is 4.00. The average Bonchev–Trinajstić information content (AvgIpc) is 2.65. The monoisotopic (exact) mass is 348 g/mol. The highest BCUT2D eigenvalue weighted by molar-refractivity contribution is 5.72. The second-order valence-corrected chi connectivity index (χ2v) is 5.92. The summed E-state index contributed by atoms with van der Waals surface area (Å²) in [6, 6.07) is 19.8. The van der Waals surface area contributed by atoms with Crippen LogP contribution in [0, 0.1) is 6.92 Å². The van der Waals surface area contributed by atoms with Gasteiger partial charge in [-0.3, -0.25) is 4.79 Å². The van der Waals surface area contributed by atoms with Crippen LogP contribution in [0.3, 0.4) is 0 Å². The third-order valence-corrected chi connectivity index (χ3v) is 3.75. The van der Waals surface area contributed by atoms with Crippen LogP contribution in [-0.4, -0.2) is 27.6 Å². The lowest BCUT2D eigenvalue weighted by Gasteiger charge is -2.11. The highest BCUT2D eigenvalue weighted by Gasteiger charge is 2.08. The van der Waals surface area contributed by atoms with Gasteiger partial charge in [-0.15, -0.1) is 0 Å². The number of nitrogens with one attached hydrogen (secondary N) is 2. The molecule has 0 aliphatic carbocycles. The lowest BCUT2D eigenvalue weighted by Crippen LogP contribution is -2.15. The summed E-state index contributed by atoms with van der Waals surface area (Å²) in [6.45, 7) is 2.43. The van der Waals surface area contributed by atoms with Gasteiger partial charge in [0.25, 0.3) is 0 Å². The summed E-state index contributed by atoms with van der Waals surface area (Å²) >= 11 is 0. The van der Waals surface area contributed by atoms with E-state index in [1.54, 1.807) is 0 Å². The van der Waals surface area contributed by atoms with Gasteiger partial charge < -0.3 is 15.7 Å². The van der Waals surface area contributed by atoms with Crippen molar-refractivity contribution in [3.05, 3.63) is 71.8 Å². The molecule has 26 heavy (non-hydrogen) atoms. The Morgan fingerprint density at radius 2 is 1.81 bits per heavy atom. The average molecular weight is 348 g/mol. The van der Waals surface area contributed by atoms with Crippen molar-refractivity contribution >= 4 is 17.7 Å². The van der Waals surface area contributed by atoms with Gasteiger partial charge in [-0.05, 0) is 12.5 Å². The van der Waals surface area contributed by atoms with E-state index in [2.05, 4.69) is 39.7 Å². The molecule has 3 aromatic rings. The Kier molecular flexibility index (Phi) is 5.43. The second-order valence-electron chi connectivity index (χ2n) is 5.92. The number of carbonyl (C=O) groups is 1. The molecule has 0 spiro atoms. The molecule has 0 saturated heterocycles. The molecule has 0 fully saturated rings. The lowest BCUT2D eigenvalue weighted by atomic mass is 10.1. The minimum absolute atomic E-state index is 0.241. The minimum Gasteiger partial charge on any atom is -0.480 e. The summed E-state index contributed by atoms with van der Waals surface area (Å²) in [5, 5.41) is 14.9. The molecule has 2 aromatic carbocycles. The number of aliphatic carboxylic acids is 1. The maximum atomic E-state index is 10.8. The van der Waals surface area contributed by atoms with Crippen LogP contribution in [-0.2, 0) is 11.3 Å². The maximum Gasteiger partial charge on any atom is 0.322 e. The standard InChI is InChI=1S/C20H20N4O2/c1-14-6-5-7-15(10-14)12-21-18-11-17(16-8-3-2-4-9-16)23-20(24-18)22-13-19(25)26/h2-11H,12-13H2,1H3,(H,25,26)(H2,21,22,23,24). The third-order valence-electron chi connectivity index (χ3n) is 3.75. The SMILES string of the molecule is Cc1cccc(CNc2cc(-c3ccccc3)nc(NCC(=O)O)n2)c1. The lowest BCUT2D eigenvalue weighted by molar-refractivity contribution is -0.134. The Balaban J connectivity index is 1.85. The third kappa shape index (κ3) is 4.80. The first-order valence-electron chi connectivity index (χ1n) is 8.30. The smallest absolute Gasteiger partial charge is 0.322 e. The molecular weight excluding hydrogens is 328 g/mol. The molecule has 132 valence electrons. The van der Waals surface area contributed by atoms with Crippen LogP contribution in [0.4, 0.5) is 11.8 Å². The van der Waals surface area contributed by atoms with E-state index in [4.69, 9.17) is 5.11 Å². The van der Waals surface area contributed by atoms with Crippen LogP contribution in [0.1, 0.15) is 11.1 Å². The Morgan fingerprint density at radius 1 is 1.00 bits per heavy atom. The molecular formula is C20H20N4O2. The summed E-state index contributed by atoms with van der Waals surface area (Å²) in [4.78, 5) is 19.6. The molecule has 0 atom stereocenters. The first-order chi connectivity index (χ1) is 12.6. The highest BCUT2D eigenvalue weighted by Crippen LogP contribution is 2.21. The van der Waals surface area contributed by atoms with Crippen LogP contribution in [0.25, 0.3) is 11.3 Å². The van der Waals surface area contributed by atoms with E-state index in [1.807, 2.05) is 48.5 Å². The number of carboxylic acids is 1. The Hall–Kier alpha value is -3.41. The van der Waals surface area contributed by atoms with Gasteiger partial charge in [-0.2, -0.15) is 4.98 Å². The molecule has 1 heterocycles. The number of aryl methyl sites for hydroxylation is 1. The number of anilines is 2. The fraction of sp³-hybridized carbons (Fsp3) is 0.150. The van der Waals surface area contributed by atoms with Crippen LogP contribution in [0.2, 0.25) is 0 Å². The molecule has 0 unspecified atom stereocenters. The number of aromatic nitrogens is 2. The fourth-order valence-electron chi connectivity index (χ4n) is 2.54. The molecule has 6 nitrogen and oxygen atoms in total. The zero-order valence-electron chi connectivity index (χ0n) is 14.4. The van der Waals surface area contributed by atoms with Gasteiger partial charge in [-0.25, -0.2) is 4.98 Å². The van der Waals surface area contributed by atoms with E-state index in [-0.39, 0.29) is 12.5 Å². The van der Waals surface area contributed by atoms with Crippen LogP contribution < -0.4 is 10.6 Å². The number of hydrogen-bond donors (Lipinski definition) is 3. The molecule has 0 aliphatic rings. The molecule has 0 radical (unpaired) electrons. The summed E-state index contributed by atoms with van der Waals surface area (Å²) in [5.74, 6) is -0.0540. The number of benzene rings is 2. The van der Waals surface area contributed by atoms with Gasteiger partial charge in [0.05, 0.1) is 5.69 Å². The van der Waals surface area contributed by atoms with Gasteiger partial charge >= 0.3 is 5.97 Å². The quantitative estimate of drug-likeness (QED) is 0.605. The largest absolute Gasteiger partial charge is 0.480 e. The maximum absolute atomic E-state index is 10.8. The van der Waals surface area contributed by atoms with Crippen LogP contribution in [0.5, 0.6) is 0 Å². The first-order valence-corrected chi connectivity index (χ1v) is 8.30. The fourth-order valence-corrected chi connectivity index (χ4v) is 2.54. The van der Waals surface area contributed by atoms with Crippen LogP contribution >= 0.6 is 0 Å². The van der Waals surface area contributed by atoms with Gasteiger partial charge in [-0.1, -0.05) is 60.2 Å². The zero-order chi connectivity index (χ0) is 18.4. The van der Waals surface area contributed by atoms with Crippen molar-refractivity contribution in [1.29, 1.82) is 0 Å². The van der Waals surface area contributed by atoms with E-state index in [0.717, 1.165) is 16.8 Å². The normalized spacial score (nSPS) is 10.3. The molecule has 3 N–H and O–H groups in total. The van der Waals surface area contributed by atoms with E-state index >= 15 is 0 Å². The van der Waals surface area contributed by atoms with Crippen molar-refractivity contribution in [2.24, 2.45) is 0 Å². The van der Waals surface area contributed by atoms with Crippen molar-refractivity contribution in [1.82, 2.24) is 9.97 Å². The molecule has 6 heteroatoms. The van der Waals surface area contributed by atoms with Crippen molar-refractivity contribution in [2.75, 3.05) is 17.2 Å². The van der Waals surface area contributed by atoms with Gasteiger partial charge in [0.1, 0.15) is 12.4 Å². The summed E-state index contributed by atoms with van der Waals surface area (Å²) in [6.07, 6.45) is 0. The number of hydrogen-bond acceptors (Lipinski definition) is 5. The van der Waals surface area contributed by atoms with Crippen molar-refractivity contribution in [3.8, 4) is 11.3 Å². The predicted molar refractivity (Wildman–Crippen MR) is 102 cm³/mol. The highest BCUT2D eigenvalue weighted by atomic mass is 16.4. The Bertz CT molecular complexity index is 897. The van der Waals surface area contributed by atoms with Gasteiger partial charge in [0, 0.05) is 18.2 Å². The predicted octanol–water partition coefficient (Wildman–Crippen LogP) is 3.56. The van der Waals surface area contributed by atoms with E-state index in [9.17, 15) is 4.79 Å². The van der Waals surface area contributed by atoms with Gasteiger partial charge in [0.15, 0.2) is 0 Å². The second kappa shape index (κ2) is 8.11. The Morgan fingerprint density at radius 3 is 2.54 bits per heavy atom. The minimum atomic E-state index is -0.965. The van der Waals surface area contributed by atoms with Crippen LogP contribution in [0.15, 0.2) is 60.7 Å². The molecule has 3 rings (SSSR count). The van der Waals surface area contributed by atoms with Crippen molar-refractivity contribution in [2.45, 2.75) is 13.5 Å². The summed E-state index contributed by atoms with van der Waals surface area (Å²) in [7, 11) is 0. The van der Waals surface area contributed by atoms with Crippen molar-refractivity contribution < 1.29 is 9.90 Å². The summed E-state index contributed by atoms with van der Waals surface area (Å²) < 4.78 is 0.